The van der Waals surface area contributed by atoms with Gasteiger partial charge in [-0.05, 0) is 23.4 Å². The molecule has 104 valence electrons. The zero-order valence-corrected chi connectivity index (χ0v) is 10.7. The van der Waals surface area contributed by atoms with Gasteiger partial charge in [-0.2, -0.15) is 0 Å². The molecule has 0 spiro atoms. The lowest BCUT2D eigenvalue weighted by molar-refractivity contribution is -0.383. The number of non-ortho nitro benzene ring substituents is 1. The number of carboxylic acids is 1. The van der Waals surface area contributed by atoms with Gasteiger partial charge in [-0.3, -0.25) is 14.9 Å². The highest BCUT2D eigenvalue weighted by atomic mass is 16.6. The molecule has 3 N–H and O–H groups in total. The van der Waals surface area contributed by atoms with Gasteiger partial charge in [0.05, 0.1) is 16.2 Å². The quantitative estimate of drug-likeness (QED) is 0.640. The van der Waals surface area contributed by atoms with Gasteiger partial charge < -0.3 is 10.8 Å². The Bertz CT molecular complexity index is 669. The number of carbonyl (C=O) groups is 1. The van der Waals surface area contributed by atoms with Crippen LogP contribution in [-0.4, -0.2) is 22.5 Å². The topological polar surface area (TPSA) is 106 Å². The second-order valence-corrected chi connectivity index (χ2v) is 4.52. The molecule has 0 fully saturated rings. The van der Waals surface area contributed by atoms with Crippen molar-refractivity contribution in [3.63, 3.8) is 0 Å². The minimum absolute atomic E-state index is 0.0176. The Hall–Kier alpha value is -2.47. The summed E-state index contributed by atoms with van der Waals surface area (Å²) in [6.07, 6.45) is 0.254. The molecule has 0 amide bonds. The minimum Gasteiger partial charge on any atom is -0.481 e. The van der Waals surface area contributed by atoms with Crippen LogP contribution in [0, 0.1) is 16.0 Å². The number of nitrogens with zero attached hydrogens (tertiary/aromatic N) is 1. The van der Waals surface area contributed by atoms with E-state index in [4.69, 9.17) is 10.8 Å². The first-order valence-electron chi connectivity index (χ1n) is 6.12. The standard InChI is InChI=1S/C14H14N2O4/c15-8-10(14(17)18)7-9-5-6-13(16(19)20)12-4-2-1-3-11(9)12/h1-6,10H,7-8,15H2,(H,17,18)/t10-/m0/s1. The third kappa shape index (κ3) is 2.60. The van der Waals surface area contributed by atoms with Gasteiger partial charge in [0.2, 0.25) is 0 Å². The summed E-state index contributed by atoms with van der Waals surface area (Å²) in [7, 11) is 0. The highest BCUT2D eigenvalue weighted by Gasteiger charge is 2.19. The lowest BCUT2D eigenvalue weighted by Gasteiger charge is -2.12. The molecular weight excluding hydrogens is 260 g/mol. The number of carboxylic acid groups (broad SMARTS) is 1. The largest absolute Gasteiger partial charge is 0.481 e. The molecule has 0 aliphatic heterocycles. The fourth-order valence-corrected chi connectivity index (χ4v) is 2.22. The van der Waals surface area contributed by atoms with Crippen LogP contribution in [0.25, 0.3) is 10.8 Å². The predicted molar refractivity (Wildman–Crippen MR) is 74.5 cm³/mol. The van der Waals surface area contributed by atoms with Crippen LogP contribution in [-0.2, 0) is 11.2 Å². The van der Waals surface area contributed by atoms with Gasteiger partial charge in [0.25, 0.3) is 5.69 Å². The van der Waals surface area contributed by atoms with Crippen LogP contribution in [0.5, 0.6) is 0 Å². The Labute approximate surface area is 115 Å². The van der Waals surface area contributed by atoms with E-state index in [1.165, 1.54) is 6.07 Å². The van der Waals surface area contributed by atoms with E-state index in [0.29, 0.717) is 10.8 Å². The zero-order valence-electron chi connectivity index (χ0n) is 10.7. The molecule has 0 unspecified atom stereocenters. The molecule has 0 aliphatic carbocycles. The Morgan fingerprint density at radius 2 is 1.90 bits per heavy atom. The van der Waals surface area contributed by atoms with Gasteiger partial charge in [0.1, 0.15) is 0 Å². The van der Waals surface area contributed by atoms with E-state index >= 15 is 0 Å². The monoisotopic (exact) mass is 274 g/mol. The van der Waals surface area contributed by atoms with Crippen molar-refractivity contribution in [2.75, 3.05) is 6.54 Å². The number of aliphatic carboxylic acids is 1. The van der Waals surface area contributed by atoms with Crippen LogP contribution in [0.2, 0.25) is 0 Å². The first kappa shape index (κ1) is 14.0. The minimum atomic E-state index is -0.963. The molecule has 0 bridgehead atoms. The van der Waals surface area contributed by atoms with E-state index < -0.39 is 16.8 Å². The van der Waals surface area contributed by atoms with Gasteiger partial charge in [-0.25, -0.2) is 0 Å². The van der Waals surface area contributed by atoms with Crippen LogP contribution in [0.4, 0.5) is 5.69 Å². The van der Waals surface area contributed by atoms with Crippen molar-refractivity contribution in [2.45, 2.75) is 6.42 Å². The molecular formula is C14H14N2O4. The highest BCUT2D eigenvalue weighted by Crippen LogP contribution is 2.29. The van der Waals surface area contributed by atoms with Crippen molar-refractivity contribution < 1.29 is 14.8 Å². The fraction of sp³-hybridized carbons (Fsp3) is 0.214. The normalized spacial score (nSPS) is 12.2. The summed E-state index contributed by atoms with van der Waals surface area (Å²) >= 11 is 0. The van der Waals surface area contributed by atoms with Crippen molar-refractivity contribution in [1.82, 2.24) is 0 Å². The predicted octanol–water partition coefficient (Wildman–Crippen LogP) is 1.95. The van der Waals surface area contributed by atoms with Gasteiger partial charge >= 0.3 is 5.97 Å². The summed E-state index contributed by atoms with van der Waals surface area (Å²) in [5, 5.41) is 21.3. The molecule has 2 rings (SSSR count). The van der Waals surface area contributed by atoms with Crippen LogP contribution in [0.15, 0.2) is 36.4 Å². The van der Waals surface area contributed by atoms with Crippen molar-refractivity contribution >= 4 is 22.4 Å². The summed E-state index contributed by atoms with van der Waals surface area (Å²) in [5.41, 5.74) is 6.23. The molecule has 0 aliphatic rings. The molecule has 0 saturated heterocycles. The summed E-state index contributed by atoms with van der Waals surface area (Å²) < 4.78 is 0. The van der Waals surface area contributed by atoms with Gasteiger partial charge in [0, 0.05) is 12.6 Å². The summed E-state index contributed by atoms with van der Waals surface area (Å²) in [6.45, 7) is 0.0284. The lowest BCUT2D eigenvalue weighted by atomic mass is 9.94. The maximum Gasteiger partial charge on any atom is 0.308 e. The Morgan fingerprint density at radius 1 is 1.25 bits per heavy atom. The third-order valence-electron chi connectivity index (χ3n) is 3.29. The fourth-order valence-electron chi connectivity index (χ4n) is 2.22. The number of hydrogen-bond donors (Lipinski definition) is 2. The molecule has 0 aromatic heterocycles. The molecule has 0 radical (unpaired) electrons. The molecule has 2 aromatic carbocycles. The number of nitro groups is 1. The number of rotatable bonds is 5. The summed E-state index contributed by atoms with van der Waals surface area (Å²) in [5.74, 6) is -1.66. The molecule has 2 aromatic rings. The SMILES string of the molecule is NC[C@H](Cc1ccc([N+](=O)[O-])c2ccccc12)C(=O)O. The van der Waals surface area contributed by atoms with Crippen LogP contribution in [0.1, 0.15) is 5.56 Å². The van der Waals surface area contributed by atoms with E-state index in [-0.39, 0.29) is 18.7 Å². The third-order valence-corrected chi connectivity index (χ3v) is 3.29. The van der Waals surface area contributed by atoms with Gasteiger partial charge in [0.15, 0.2) is 0 Å². The van der Waals surface area contributed by atoms with E-state index in [2.05, 4.69) is 0 Å². The lowest BCUT2D eigenvalue weighted by Crippen LogP contribution is -2.25. The average Bonchev–Trinajstić information content (AvgIpc) is 2.43. The first-order valence-corrected chi connectivity index (χ1v) is 6.12. The highest BCUT2D eigenvalue weighted by molar-refractivity contribution is 5.93. The number of nitro benzene ring substituents is 1. The summed E-state index contributed by atoms with van der Waals surface area (Å²) in [6, 6.07) is 9.92. The number of fused-ring (bicyclic) bond motifs is 1. The molecule has 0 heterocycles. The summed E-state index contributed by atoms with van der Waals surface area (Å²) in [4.78, 5) is 21.6. The molecule has 6 nitrogen and oxygen atoms in total. The number of nitrogens with two attached hydrogens (primary N) is 1. The van der Waals surface area contributed by atoms with Gasteiger partial charge in [-0.1, -0.05) is 24.3 Å². The van der Waals surface area contributed by atoms with Gasteiger partial charge in [-0.15, -0.1) is 0 Å². The van der Waals surface area contributed by atoms with E-state index in [0.717, 1.165) is 5.56 Å². The van der Waals surface area contributed by atoms with Crippen LogP contribution >= 0.6 is 0 Å². The molecule has 0 saturated carbocycles. The van der Waals surface area contributed by atoms with E-state index in [1.807, 2.05) is 0 Å². The van der Waals surface area contributed by atoms with Crippen molar-refractivity contribution in [3.8, 4) is 0 Å². The molecule has 1 atom stereocenters. The second kappa shape index (κ2) is 5.66. The Kier molecular flexibility index (Phi) is 3.95. The van der Waals surface area contributed by atoms with E-state index in [1.54, 1.807) is 30.3 Å². The van der Waals surface area contributed by atoms with Crippen LogP contribution in [0.3, 0.4) is 0 Å². The van der Waals surface area contributed by atoms with E-state index in [9.17, 15) is 14.9 Å². The Balaban J connectivity index is 2.53. The first-order chi connectivity index (χ1) is 9.54. The van der Waals surface area contributed by atoms with Crippen molar-refractivity contribution in [3.05, 3.63) is 52.1 Å². The average molecular weight is 274 g/mol. The molecule has 20 heavy (non-hydrogen) atoms. The van der Waals surface area contributed by atoms with Crippen LogP contribution < -0.4 is 5.73 Å². The molecule has 6 heteroatoms. The smallest absolute Gasteiger partial charge is 0.308 e. The van der Waals surface area contributed by atoms with Crippen molar-refractivity contribution in [1.29, 1.82) is 0 Å². The number of hydrogen-bond acceptors (Lipinski definition) is 4. The maximum absolute atomic E-state index is 11.1. The van der Waals surface area contributed by atoms with Crippen molar-refractivity contribution in [2.24, 2.45) is 11.7 Å². The zero-order chi connectivity index (χ0) is 14.7. The number of benzene rings is 2. The Morgan fingerprint density at radius 3 is 2.45 bits per heavy atom. The maximum atomic E-state index is 11.1. The second-order valence-electron chi connectivity index (χ2n) is 4.52.